The Hall–Kier alpha value is -1.08. The van der Waals surface area contributed by atoms with E-state index in [2.05, 4.69) is 4.98 Å². The molecular formula is C13H15F3N2OS. The van der Waals surface area contributed by atoms with Crippen LogP contribution in [-0.2, 0) is 6.18 Å². The Morgan fingerprint density at radius 1 is 1.30 bits per heavy atom. The van der Waals surface area contributed by atoms with Gasteiger partial charge in [0.15, 0.2) is 0 Å². The fourth-order valence-corrected chi connectivity index (χ4v) is 3.96. The number of hydrogen-bond acceptors (Lipinski definition) is 3. The lowest BCUT2D eigenvalue weighted by atomic mass is 9.84. The number of imidazole rings is 1. The Morgan fingerprint density at radius 2 is 2.00 bits per heavy atom. The molecule has 0 saturated heterocycles. The highest BCUT2D eigenvalue weighted by atomic mass is 32.1. The molecule has 110 valence electrons. The zero-order valence-corrected chi connectivity index (χ0v) is 11.5. The van der Waals surface area contributed by atoms with Gasteiger partial charge >= 0.3 is 6.18 Å². The molecule has 3 rings (SSSR count). The highest BCUT2D eigenvalue weighted by Gasteiger charge is 2.40. The van der Waals surface area contributed by atoms with E-state index < -0.39 is 17.2 Å². The van der Waals surface area contributed by atoms with Crippen LogP contribution in [-0.4, -0.2) is 14.5 Å². The lowest BCUT2D eigenvalue weighted by Crippen LogP contribution is -2.20. The summed E-state index contributed by atoms with van der Waals surface area (Å²) in [5, 5.41) is 10.5. The molecule has 1 N–H and O–H groups in total. The van der Waals surface area contributed by atoms with Gasteiger partial charge in [0.1, 0.15) is 16.0 Å². The van der Waals surface area contributed by atoms with Crippen LogP contribution >= 0.6 is 11.3 Å². The van der Waals surface area contributed by atoms with Crippen molar-refractivity contribution in [1.29, 1.82) is 0 Å². The smallest absolute Gasteiger partial charge is 0.387 e. The number of aliphatic hydroxyl groups excluding tert-OH is 1. The summed E-state index contributed by atoms with van der Waals surface area (Å²) in [6, 6.07) is 0. The standard InChI is InChI=1S/C13H15F3N2OS/c14-13(15,16)12-10(18-7-17-6-9(18)20-12)11(19)8-4-2-1-3-5-8/h6-8,11,19H,1-5H2. The SMILES string of the molecule is OC(c1c(C(F)(F)F)sc2cncn12)C1CCCCC1. The normalized spacial score (nSPS) is 19.6. The van der Waals surface area contributed by atoms with E-state index in [1.807, 2.05) is 0 Å². The first-order valence-corrected chi connectivity index (χ1v) is 7.50. The van der Waals surface area contributed by atoms with Gasteiger partial charge in [0.2, 0.25) is 0 Å². The number of hydrogen-bond donors (Lipinski definition) is 1. The van der Waals surface area contributed by atoms with Crippen LogP contribution in [0.1, 0.15) is 48.8 Å². The molecule has 1 atom stereocenters. The van der Waals surface area contributed by atoms with Crippen molar-refractivity contribution in [3.63, 3.8) is 0 Å². The van der Waals surface area contributed by atoms with Gasteiger partial charge in [-0.15, -0.1) is 11.3 Å². The summed E-state index contributed by atoms with van der Waals surface area (Å²) in [6.45, 7) is 0. The summed E-state index contributed by atoms with van der Waals surface area (Å²) in [4.78, 5) is 3.59. The Labute approximate surface area is 118 Å². The highest BCUT2D eigenvalue weighted by Crippen LogP contribution is 2.44. The third kappa shape index (κ3) is 2.33. The zero-order valence-electron chi connectivity index (χ0n) is 10.7. The molecule has 0 amide bonds. The van der Waals surface area contributed by atoms with Crippen LogP contribution in [0, 0.1) is 5.92 Å². The maximum absolute atomic E-state index is 13.2. The van der Waals surface area contributed by atoms with E-state index in [1.165, 1.54) is 16.9 Å². The lowest BCUT2D eigenvalue weighted by Gasteiger charge is -2.27. The van der Waals surface area contributed by atoms with Gasteiger partial charge < -0.3 is 5.11 Å². The minimum Gasteiger partial charge on any atom is -0.387 e. The number of aliphatic hydroxyl groups is 1. The average Bonchev–Trinajstić information content (AvgIpc) is 2.98. The van der Waals surface area contributed by atoms with Gasteiger partial charge in [0.25, 0.3) is 0 Å². The van der Waals surface area contributed by atoms with E-state index in [0.717, 1.165) is 32.1 Å². The molecule has 1 saturated carbocycles. The molecule has 1 aliphatic rings. The summed E-state index contributed by atoms with van der Waals surface area (Å²) in [7, 11) is 0. The number of aromatic nitrogens is 2. The predicted octanol–water partition coefficient (Wildman–Crippen LogP) is 4.03. The number of fused-ring (bicyclic) bond motifs is 1. The maximum Gasteiger partial charge on any atom is 0.427 e. The summed E-state index contributed by atoms with van der Waals surface area (Å²) >= 11 is 0.645. The molecular weight excluding hydrogens is 289 g/mol. The molecule has 0 aromatic carbocycles. The molecule has 0 bridgehead atoms. The molecule has 3 nitrogen and oxygen atoms in total. The second-order valence-electron chi connectivity index (χ2n) is 5.26. The molecule has 7 heteroatoms. The van der Waals surface area contributed by atoms with Crippen LogP contribution in [0.3, 0.4) is 0 Å². The molecule has 0 spiro atoms. The fraction of sp³-hybridized carbons (Fsp3) is 0.615. The van der Waals surface area contributed by atoms with E-state index in [-0.39, 0.29) is 11.6 Å². The van der Waals surface area contributed by atoms with Crippen molar-refractivity contribution in [3.05, 3.63) is 23.1 Å². The fourth-order valence-electron chi connectivity index (χ4n) is 2.96. The van der Waals surface area contributed by atoms with Crippen LogP contribution in [0.25, 0.3) is 4.83 Å². The first-order chi connectivity index (χ1) is 9.48. The van der Waals surface area contributed by atoms with Crippen molar-refractivity contribution >= 4 is 16.2 Å². The van der Waals surface area contributed by atoms with Crippen molar-refractivity contribution in [2.24, 2.45) is 5.92 Å². The molecule has 2 aromatic rings. The molecule has 0 aliphatic heterocycles. The minimum absolute atomic E-state index is 0.0399. The van der Waals surface area contributed by atoms with Crippen molar-refractivity contribution < 1.29 is 18.3 Å². The second-order valence-corrected chi connectivity index (χ2v) is 6.29. The van der Waals surface area contributed by atoms with Gasteiger partial charge in [-0.1, -0.05) is 19.3 Å². The molecule has 1 unspecified atom stereocenters. The van der Waals surface area contributed by atoms with E-state index in [1.54, 1.807) is 0 Å². The molecule has 20 heavy (non-hydrogen) atoms. The second kappa shape index (κ2) is 5.04. The van der Waals surface area contributed by atoms with Crippen molar-refractivity contribution in [1.82, 2.24) is 9.38 Å². The Balaban J connectivity index is 2.05. The Morgan fingerprint density at radius 3 is 2.65 bits per heavy atom. The number of nitrogens with zero attached hydrogens (tertiary/aromatic N) is 2. The average molecular weight is 304 g/mol. The van der Waals surface area contributed by atoms with Crippen molar-refractivity contribution in [3.8, 4) is 0 Å². The van der Waals surface area contributed by atoms with Crippen LogP contribution in [0.2, 0.25) is 0 Å². The summed E-state index contributed by atoms with van der Waals surface area (Å²) in [5.74, 6) is -0.0925. The highest BCUT2D eigenvalue weighted by molar-refractivity contribution is 7.17. The quantitative estimate of drug-likeness (QED) is 0.909. The Bertz CT molecular complexity index is 598. The zero-order chi connectivity index (χ0) is 14.3. The van der Waals surface area contributed by atoms with Gasteiger partial charge in [0, 0.05) is 0 Å². The molecule has 0 radical (unpaired) electrons. The van der Waals surface area contributed by atoms with Gasteiger partial charge in [-0.25, -0.2) is 4.98 Å². The molecule has 2 heterocycles. The van der Waals surface area contributed by atoms with Gasteiger partial charge in [0.05, 0.1) is 18.0 Å². The van der Waals surface area contributed by atoms with Crippen molar-refractivity contribution in [2.75, 3.05) is 0 Å². The number of rotatable bonds is 2. The molecule has 1 fully saturated rings. The molecule has 1 aliphatic carbocycles. The topological polar surface area (TPSA) is 37.5 Å². The van der Waals surface area contributed by atoms with E-state index in [9.17, 15) is 18.3 Å². The van der Waals surface area contributed by atoms with Crippen LogP contribution in [0.5, 0.6) is 0 Å². The van der Waals surface area contributed by atoms with E-state index in [4.69, 9.17) is 0 Å². The first-order valence-electron chi connectivity index (χ1n) is 6.68. The lowest BCUT2D eigenvalue weighted by molar-refractivity contribution is -0.136. The Kier molecular flexibility index (Phi) is 3.50. The van der Waals surface area contributed by atoms with Gasteiger partial charge in [-0.2, -0.15) is 13.2 Å². The third-order valence-electron chi connectivity index (χ3n) is 3.94. The minimum atomic E-state index is -4.44. The van der Waals surface area contributed by atoms with Crippen LogP contribution in [0.15, 0.2) is 12.5 Å². The maximum atomic E-state index is 13.2. The number of halogens is 3. The van der Waals surface area contributed by atoms with E-state index in [0.29, 0.717) is 16.2 Å². The summed E-state index contributed by atoms with van der Waals surface area (Å²) < 4.78 is 40.9. The largest absolute Gasteiger partial charge is 0.427 e. The monoisotopic (exact) mass is 304 g/mol. The number of thiazole rings is 1. The summed E-state index contributed by atoms with van der Waals surface area (Å²) in [6.07, 6.45) is 1.85. The van der Waals surface area contributed by atoms with Gasteiger partial charge in [-0.3, -0.25) is 4.40 Å². The predicted molar refractivity (Wildman–Crippen MR) is 69.6 cm³/mol. The van der Waals surface area contributed by atoms with Crippen molar-refractivity contribution in [2.45, 2.75) is 44.4 Å². The molecule has 2 aromatic heterocycles. The summed E-state index contributed by atoms with van der Waals surface area (Å²) in [5.41, 5.74) is -0.0399. The first kappa shape index (κ1) is 13.9. The van der Waals surface area contributed by atoms with E-state index >= 15 is 0 Å². The third-order valence-corrected chi connectivity index (χ3v) is 5.09. The van der Waals surface area contributed by atoms with Crippen LogP contribution in [0.4, 0.5) is 13.2 Å². The number of alkyl halides is 3. The van der Waals surface area contributed by atoms with Gasteiger partial charge in [-0.05, 0) is 18.8 Å². The van der Waals surface area contributed by atoms with Crippen LogP contribution < -0.4 is 0 Å².